The first kappa shape index (κ1) is 19.3. The minimum atomic E-state index is -1.03. The number of carbonyl (C=O) groups is 3. The first-order chi connectivity index (χ1) is 13.3. The Morgan fingerprint density at radius 2 is 2.04 bits per heavy atom. The van der Waals surface area contributed by atoms with Crippen molar-refractivity contribution in [3.63, 3.8) is 0 Å². The van der Waals surface area contributed by atoms with E-state index in [-0.39, 0.29) is 22.9 Å². The van der Waals surface area contributed by atoms with Gasteiger partial charge in [0, 0.05) is 18.7 Å². The number of methoxy groups -OCH3 is 1. The van der Waals surface area contributed by atoms with Crippen molar-refractivity contribution in [2.24, 2.45) is 0 Å². The van der Waals surface area contributed by atoms with Crippen LogP contribution < -0.4 is 0 Å². The van der Waals surface area contributed by atoms with Crippen molar-refractivity contribution < 1.29 is 28.6 Å². The number of thiocarbonyl (C=S) groups is 1. The smallest absolute Gasteiger partial charge is 0.335 e. The van der Waals surface area contributed by atoms with E-state index in [4.69, 9.17) is 21.7 Å². The van der Waals surface area contributed by atoms with Crippen LogP contribution in [0.25, 0.3) is 17.4 Å². The highest BCUT2D eigenvalue weighted by molar-refractivity contribution is 7.80. The fourth-order valence-corrected chi connectivity index (χ4v) is 2.92. The molecule has 2 heterocycles. The van der Waals surface area contributed by atoms with Crippen LogP contribution in [0.2, 0.25) is 0 Å². The predicted octanol–water partition coefficient (Wildman–Crippen LogP) is 2.22. The van der Waals surface area contributed by atoms with Gasteiger partial charge in [-0.2, -0.15) is 0 Å². The zero-order valence-electron chi connectivity index (χ0n) is 15.0. The van der Waals surface area contributed by atoms with Crippen molar-refractivity contribution in [3.05, 3.63) is 53.4 Å². The molecule has 8 nitrogen and oxygen atoms in total. The van der Waals surface area contributed by atoms with Crippen LogP contribution in [0.4, 0.5) is 0 Å². The molecule has 1 saturated heterocycles. The Bertz CT molecular complexity index is 1010. The standard InChI is InChI=1S/C19H16N2O6S/c1-20-14(17(23)21(19(20)28)10-16(22)26-2)9-13-6-7-15(27-13)11-4-3-5-12(8-11)18(24)25/h3-9H,10H2,1-2H3,(H,24,25)/b14-9-. The van der Waals surface area contributed by atoms with Gasteiger partial charge in [0.2, 0.25) is 0 Å². The van der Waals surface area contributed by atoms with Gasteiger partial charge in [-0.15, -0.1) is 0 Å². The molecule has 9 heteroatoms. The maximum Gasteiger partial charge on any atom is 0.335 e. The molecule has 144 valence electrons. The summed E-state index contributed by atoms with van der Waals surface area (Å²) >= 11 is 5.22. The lowest BCUT2D eigenvalue weighted by molar-refractivity contribution is -0.143. The second-order valence-electron chi connectivity index (χ2n) is 5.93. The molecular weight excluding hydrogens is 384 g/mol. The third kappa shape index (κ3) is 3.65. The number of esters is 1. The van der Waals surface area contributed by atoms with Crippen molar-refractivity contribution in [2.45, 2.75) is 0 Å². The molecule has 0 radical (unpaired) electrons. The third-order valence-electron chi connectivity index (χ3n) is 4.16. The molecular formula is C19H16N2O6S. The van der Waals surface area contributed by atoms with Crippen LogP contribution in [-0.4, -0.2) is 58.6 Å². The molecule has 1 fully saturated rings. The predicted molar refractivity (Wildman–Crippen MR) is 103 cm³/mol. The SMILES string of the molecule is COC(=O)CN1C(=O)/C(=C/c2ccc(-c3cccc(C(=O)O)c3)o2)N(C)C1=S. The molecule has 1 aliphatic heterocycles. The summed E-state index contributed by atoms with van der Waals surface area (Å²) in [7, 11) is 2.85. The lowest BCUT2D eigenvalue weighted by Crippen LogP contribution is -2.36. The van der Waals surface area contributed by atoms with Gasteiger partial charge in [-0.3, -0.25) is 14.5 Å². The van der Waals surface area contributed by atoms with E-state index in [1.54, 1.807) is 31.3 Å². The van der Waals surface area contributed by atoms with Crippen LogP contribution in [-0.2, 0) is 14.3 Å². The summed E-state index contributed by atoms with van der Waals surface area (Å²) in [5.41, 5.74) is 0.982. The maximum absolute atomic E-state index is 12.6. The van der Waals surface area contributed by atoms with E-state index in [2.05, 4.69) is 4.74 Å². The molecule has 0 atom stereocenters. The number of nitrogens with zero attached hydrogens (tertiary/aromatic N) is 2. The summed E-state index contributed by atoms with van der Waals surface area (Å²) in [5, 5.41) is 9.29. The average molecular weight is 400 g/mol. The zero-order chi connectivity index (χ0) is 20.4. The highest BCUT2D eigenvalue weighted by Crippen LogP contribution is 2.27. The third-order valence-corrected chi connectivity index (χ3v) is 4.65. The van der Waals surface area contributed by atoms with Gasteiger partial charge >= 0.3 is 11.9 Å². The van der Waals surface area contributed by atoms with Crippen LogP contribution in [0.3, 0.4) is 0 Å². The first-order valence-corrected chi connectivity index (χ1v) is 8.54. The number of amides is 1. The molecule has 0 saturated carbocycles. The Morgan fingerprint density at radius 1 is 1.29 bits per heavy atom. The van der Waals surface area contributed by atoms with Crippen molar-refractivity contribution >= 4 is 41.3 Å². The summed E-state index contributed by atoms with van der Waals surface area (Å²) in [6.07, 6.45) is 1.51. The molecule has 1 aromatic heterocycles. The van der Waals surface area contributed by atoms with E-state index in [0.29, 0.717) is 17.1 Å². The van der Waals surface area contributed by atoms with Gasteiger partial charge in [-0.05, 0) is 36.5 Å². The van der Waals surface area contributed by atoms with E-state index in [0.717, 1.165) is 4.90 Å². The number of carboxylic acid groups (broad SMARTS) is 1. The number of hydrogen-bond acceptors (Lipinski definition) is 6. The molecule has 1 aromatic carbocycles. The number of likely N-dealkylation sites (N-methyl/N-ethyl adjacent to an activating group) is 1. The molecule has 1 aliphatic rings. The number of benzene rings is 1. The first-order valence-electron chi connectivity index (χ1n) is 8.13. The Kier molecular flexibility index (Phi) is 5.27. The number of carboxylic acids is 1. The van der Waals surface area contributed by atoms with Gasteiger partial charge in [-0.25, -0.2) is 4.79 Å². The highest BCUT2D eigenvalue weighted by Gasteiger charge is 2.37. The summed E-state index contributed by atoms with van der Waals surface area (Å²) in [6.45, 7) is -0.277. The van der Waals surface area contributed by atoms with Crippen LogP contribution in [0.1, 0.15) is 16.1 Å². The topological polar surface area (TPSA) is 100 Å². The Balaban J connectivity index is 1.87. The summed E-state index contributed by atoms with van der Waals surface area (Å²) in [5.74, 6) is -1.22. The molecule has 0 bridgehead atoms. The number of rotatable bonds is 5. The number of carbonyl (C=O) groups excluding carboxylic acids is 2. The van der Waals surface area contributed by atoms with Crippen molar-refractivity contribution in [1.29, 1.82) is 0 Å². The minimum absolute atomic E-state index is 0.142. The maximum atomic E-state index is 12.6. The van der Waals surface area contributed by atoms with Gasteiger partial charge in [-0.1, -0.05) is 12.1 Å². The van der Waals surface area contributed by atoms with Crippen molar-refractivity contribution in [3.8, 4) is 11.3 Å². The molecule has 3 rings (SSSR count). The normalized spacial score (nSPS) is 15.4. The van der Waals surface area contributed by atoms with Gasteiger partial charge in [0.1, 0.15) is 23.8 Å². The second-order valence-corrected chi connectivity index (χ2v) is 6.29. The van der Waals surface area contributed by atoms with Crippen molar-refractivity contribution in [1.82, 2.24) is 9.80 Å². The molecule has 2 aromatic rings. The van der Waals surface area contributed by atoms with E-state index >= 15 is 0 Å². The average Bonchev–Trinajstić information content (AvgIpc) is 3.23. The number of furan rings is 1. The fourth-order valence-electron chi connectivity index (χ4n) is 2.67. The molecule has 0 aliphatic carbocycles. The largest absolute Gasteiger partial charge is 0.478 e. The van der Waals surface area contributed by atoms with Gasteiger partial charge in [0.25, 0.3) is 5.91 Å². The van der Waals surface area contributed by atoms with Crippen molar-refractivity contribution in [2.75, 3.05) is 20.7 Å². The molecule has 1 amide bonds. The lowest BCUT2D eigenvalue weighted by atomic mass is 10.1. The van der Waals surface area contributed by atoms with Crippen LogP contribution in [0, 0.1) is 0 Å². The Hall–Kier alpha value is -3.46. The summed E-state index contributed by atoms with van der Waals surface area (Å²) in [4.78, 5) is 37.8. The molecule has 0 unspecified atom stereocenters. The van der Waals surface area contributed by atoms with E-state index in [9.17, 15) is 14.4 Å². The minimum Gasteiger partial charge on any atom is -0.478 e. The summed E-state index contributed by atoms with van der Waals surface area (Å²) in [6, 6.07) is 9.66. The van der Waals surface area contributed by atoms with Gasteiger partial charge in [0.05, 0.1) is 12.7 Å². The molecule has 1 N–H and O–H groups in total. The van der Waals surface area contributed by atoms with E-state index < -0.39 is 17.8 Å². The highest BCUT2D eigenvalue weighted by atomic mass is 32.1. The van der Waals surface area contributed by atoms with E-state index in [1.807, 2.05) is 0 Å². The van der Waals surface area contributed by atoms with Gasteiger partial charge in [0.15, 0.2) is 5.11 Å². The lowest BCUT2D eigenvalue weighted by Gasteiger charge is -2.14. The number of ether oxygens (including phenoxy) is 1. The van der Waals surface area contributed by atoms with Gasteiger partial charge < -0.3 is 19.2 Å². The quantitative estimate of drug-likeness (QED) is 0.463. The van der Waals surface area contributed by atoms with Crippen LogP contribution >= 0.6 is 12.2 Å². The van der Waals surface area contributed by atoms with E-state index in [1.165, 1.54) is 30.2 Å². The van der Waals surface area contributed by atoms with Crippen LogP contribution in [0.5, 0.6) is 0 Å². The number of aromatic carboxylic acids is 1. The Morgan fingerprint density at radius 3 is 2.71 bits per heavy atom. The Labute approximate surface area is 165 Å². The molecule has 28 heavy (non-hydrogen) atoms. The zero-order valence-corrected chi connectivity index (χ0v) is 15.9. The van der Waals surface area contributed by atoms with Crippen LogP contribution in [0.15, 0.2) is 46.5 Å². The fraction of sp³-hybridized carbons (Fsp3) is 0.158. The number of hydrogen-bond donors (Lipinski definition) is 1. The second kappa shape index (κ2) is 7.65. The monoisotopic (exact) mass is 400 g/mol. The summed E-state index contributed by atoms with van der Waals surface area (Å²) < 4.78 is 10.3. The molecule has 0 spiro atoms.